The molecule has 1 unspecified atom stereocenters. The molecule has 0 radical (unpaired) electrons. The predicted octanol–water partition coefficient (Wildman–Crippen LogP) is 3.01. The zero-order valence-electron chi connectivity index (χ0n) is 10.7. The standard InChI is InChI=1S/C14H20ClNO2/c1-2-6-16-9-11-3-4-14(13(15)8-11)18-12-5-7-17-10-12/h3-4,8,12,16H,2,5-7,9-10H2,1H3. The lowest BCUT2D eigenvalue weighted by Crippen LogP contribution is -2.16. The van der Waals surface area contributed by atoms with E-state index in [-0.39, 0.29) is 6.10 Å². The summed E-state index contributed by atoms with van der Waals surface area (Å²) in [7, 11) is 0. The molecule has 0 aliphatic carbocycles. The van der Waals surface area contributed by atoms with Gasteiger partial charge < -0.3 is 14.8 Å². The molecule has 1 heterocycles. The highest BCUT2D eigenvalue weighted by Crippen LogP contribution is 2.27. The first-order valence-electron chi connectivity index (χ1n) is 6.53. The molecule has 4 heteroatoms. The molecule has 100 valence electrons. The molecule has 0 aromatic heterocycles. The molecule has 1 aromatic carbocycles. The number of hydrogen-bond acceptors (Lipinski definition) is 3. The van der Waals surface area contributed by atoms with Crippen molar-refractivity contribution < 1.29 is 9.47 Å². The SMILES string of the molecule is CCCNCc1ccc(OC2CCOC2)c(Cl)c1. The Labute approximate surface area is 113 Å². The summed E-state index contributed by atoms with van der Waals surface area (Å²) >= 11 is 6.23. The molecule has 3 nitrogen and oxygen atoms in total. The zero-order chi connectivity index (χ0) is 12.8. The Hall–Kier alpha value is -0.770. The maximum Gasteiger partial charge on any atom is 0.138 e. The van der Waals surface area contributed by atoms with Crippen molar-refractivity contribution in [3.63, 3.8) is 0 Å². The minimum absolute atomic E-state index is 0.145. The Morgan fingerprint density at radius 3 is 3.06 bits per heavy atom. The third-order valence-corrected chi connectivity index (χ3v) is 3.23. The van der Waals surface area contributed by atoms with Gasteiger partial charge in [0.25, 0.3) is 0 Å². The Morgan fingerprint density at radius 2 is 2.39 bits per heavy atom. The van der Waals surface area contributed by atoms with E-state index >= 15 is 0 Å². The van der Waals surface area contributed by atoms with Crippen LogP contribution in [0, 0.1) is 0 Å². The highest BCUT2D eigenvalue weighted by Gasteiger charge is 2.18. The van der Waals surface area contributed by atoms with Crippen molar-refractivity contribution in [3.05, 3.63) is 28.8 Å². The molecule has 0 amide bonds. The maximum atomic E-state index is 6.23. The van der Waals surface area contributed by atoms with Gasteiger partial charge in [-0.3, -0.25) is 0 Å². The van der Waals surface area contributed by atoms with E-state index in [9.17, 15) is 0 Å². The molecular weight excluding hydrogens is 250 g/mol. The summed E-state index contributed by atoms with van der Waals surface area (Å²) in [4.78, 5) is 0. The molecule has 18 heavy (non-hydrogen) atoms. The van der Waals surface area contributed by atoms with Gasteiger partial charge in [0.05, 0.1) is 18.2 Å². The lowest BCUT2D eigenvalue weighted by molar-refractivity contribution is 0.141. The summed E-state index contributed by atoms with van der Waals surface area (Å²) in [5.74, 6) is 0.756. The third-order valence-electron chi connectivity index (χ3n) is 2.93. The lowest BCUT2D eigenvalue weighted by atomic mass is 10.2. The summed E-state index contributed by atoms with van der Waals surface area (Å²) in [6.07, 6.45) is 2.22. The number of hydrogen-bond donors (Lipinski definition) is 1. The van der Waals surface area contributed by atoms with Gasteiger partial charge in [-0.2, -0.15) is 0 Å². The Balaban J connectivity index is 1.91. The van der Waals surface area contributed by atoms with E-state index in [1.807, 2.05) is 12.1 Å². The van der Waals surface area contributed by atoms with Gasteiger partial charge >= 0.3 is 0 Å². The van der Waals surface area contributed by atoms with Crippen LogP contribution in [-0.2, 0) is 11.3 Å². The first-order valence-corrected chi connectivity index (χ1v) is 6.91. The van der Waals surface area contributed by atoms with Crippen molar-refractivity contribution >= 4 is 11.6 Å². The van der Waals surface area contributed by atoms with Crippen molar-refractivity contribution in [2.24, 2.45) is 0 Å². The Bertz CT molecular complexity index is 378. The largest absolute Gasteiger partial charge is 0.486 e. The quantitative estimate of drug-likeness (QED) is 0.806. The zero-order valence-corrected chi connectivity index (χ0v) is 11.5. The van der Waals surface area contributed by atoms with Crippen LogP contribution in [0.4, 0.5) is 0 Å². The van der Waals surface area contributed by atoms with E-state index in [1.54, 1.807) is 0 Å². The lowest BCUT2D eigenvalue weighted by Gasteiger charge is -2.14. The Morgan fingerprint density at radius 1 is 1.50 bits per heavy atom. The molecule has 1 fully saturated rings. The Kier molecular flexibility index (Phi) is 5.29. The third kappa shape index (κ3) is 3.87. The van der Waals surface area contributed by atoms with Crippen molar-refractivity contribution in [2.45, 2.75) is 32.4 Å². The van der Waals surface area contributed by atoms with Crippen LogP contribution in [0.2, 0.25) is 5.02 Å². The van der Waals surface area contributed by atoms with Crippen molar-refractivity contribution in [1.82, 2.24) is 5.32 Å². The number of halogens is 1. The van der Waals surface area contributed by atoms with Crippen molar-refractivity contribution in [3.8, 4) is 5.75 Å². The summed E-state index contributed by atoms with van der Waals surface area (Å²) in [6, 6.07) is 5.97. The van der Waals surface area contributed by atoms with E-state index in [1.165, 1.54) is 5.56 Å². The minimum Gasteiger partial charge on any atom is -0.486 e. The van der Waals surface area contributed by atoms with Crippen LogP contribution in [0.25, 0.3) is 0 Å². The molecule has 1 aliphatic heterocycles. The van der Waals surface area contributed by atoms with Gasteiger partial charge in [-0.15, -0.1) is 0 Å². The second kappa shape index (κ2) is 6.98. The van der Waals surface area contributed by atoms with Gasteiger partial charge in [0, 0.05) is 13.0 Å². The van der Waals surface area contributed by atoms with Gasteiger partial charge in [-0.05, 0) is 30.7 Å². The fourth-order valence-corrected chi connectivity index (χ4v) is 2.19. The van der Waals surface area contributed by atoms with Gasteiger partial charge in [-0.1, -0.05) is 24.6 Å². The van der Waals surface area contributed by atoms with E-state index in [0.29, 0.717) is 11.6 Å². The van der Waals surface area contributed by atoms with Crippen LogP contribution in [-0.4, -0.2) is 25.9 Å². The smallest absolute Gasteiger partial charge is 0.138 e. The minimum atomic E-state index is 0.145. The first kappa shape index (κ1) is 13.7. The predicted molar refractivity (Wildman–Crippen MR) is 73.3 cm³/mol. The molecule has 1 N–H and O–H groups in total. The second-order valence-corrected chi connectivity index (χ2v) is 4.95. The van der Waals surface area contributed by atoms with Crippen LogP contribution in [0.3, 0.4) is 0 Å². The number of rotatable bonds is 6. The van der Waals surface area contributed by atoms with Crippen LogP contribution >= 0.6 is 11.6 Å². The van der Waals surface area contributed by atoms with E-state index in [4.69, 9.17) is 21.1 Å². The second-order valence-electron chi connectivity index (χ2n) is 4.55. The number of benzene rings is 1. The average molecular weight is 270 g/mol. The molecule has 1 atom stereocenters. The number of nitrogens with one attached hydrogen (secondary N) is 1. The summed E-state index contributed by atoms with van der Waals surface area (Å²) in [5, 5.41) is 4.03. The van der Waals surface area contributed by atoms with Crippen molar-refractivity contribution in [1.29, 1.82) is 0 Å². The average Bonchev–Trinajstić information content (AvgIpc) is 2.86. The molecule has 1 aromatic rings. The van der Waals surface area contributed by atoms with Crippen LogP contribution in [0.15, 0.2) is 18.2 Å². The van der Waals surface area contributed by atoms with Gasteiger partial charge in [0.2, 0.25) is 0 Å². The fraction of sp³-hybridized carbons (Fsp3) is 0.571. The molecular formula is C14H20ClNO2. The molecule has 0 spiro atoms. The molecule has 1 saturated heterocycles. The first-order chi connectivity index (χ1) is 8.79. The van der Waals surface area contributed by atoms with Crippen LogP contribution < -0.4 is 10.1 Å². The van der Waals surface area contributed by atoms with Gasteiger partial charge in [-0.25, -0.2) is 0 Å². The van der Waals surface area contributed by atoms with Gasteiger partial charge in [0.1, 0.15) is 11.9 Å². The van der Waals surface area contributed by atoms with E-state index < -0.39 is 0 Å². The topological polar surface area (TPSA) is 30.5 Å². The number of ether oxygens (including phenoxy) is 2. The molecule has 0 saturated carbocycles. The fourth-order valence-electron chi connectivity index (χ4n) is 1.94. The molecule has 2 rings (SSSR count). The highest BCUT2D eigenvalue weighted by atomic mass is 35.5. The molecule has 1 aliphatic rings. The van der Waals surface area contributed by atoms with E-state index in [2.05, 4.69) is 18.3 Å². The summed E-state index contributed by atoms with van der Waals surface area (Å²) < 4.78 is 11.1. The maximum absolute atomic E-state index is 6.23. The van der Waals surface area contributed by atoms with Crippen LogP contribution in [0.1, 0.15) is 25.3 Å². The van der Waals surface area contributed by atoms with Gasteiger partial charge in [0.15, 0.2) is 0 Å². The highest BCUT2D eigenvalue weighted by molar-refractivity contribution is 6.32. The van der Waals surface area contributed by atoms with E-state index in [0.717, 1.165) is 38.3 Å². The summed E-state index contributed by atoms with van der Waals surface area (Å²) in [6.45, 7) is 5.47. The molecule has 0 bridgehead atoms. The van der Waals surface area contributed by atoms with Crippen molar-refractivity contribution in [2.75, 3.05) is 19.8 Å². The van der Waals surface area contributed by atoms with Crippen LogP contribution in [0.5, 0.6) is 5.75 Å². The normalized spacial score (nSPS) is 19.1. The monoisotopic (exact) mass is 269 g/mol. The summed E-state index contributed by atoms with van der Waals surface area (Å²) in [5.41, 5.74) is 1.18.